The molecule has 18 heavy (non-hydrogen) atoms. The maximum atomic E-state index is 6.10. The first-order valence-corrected chi connectivity index (χ1v) is 6.79. The van der Waals surface area contributed by atoms with Gasteiger partial charge >= 0.3 is 0 Å². The Balaban J connectivity index is 2.09. The molecule has 2 aromatic rings. The fourth-order valence-corrected chi connectivity index (χ4v) is 2.87. The van der Waals surface area contributed by atoms with Gasteiger partial charge in [-0.25, -0.2) is 0 Å². The van der Waals surface area contributed by atoms with Crippen LogP contribution in [0.5, 0.6) is 0 Å². The fourth-order valence-electron chi connectivity index (χ4n) is 2.67. The van der Waals surface area contributed by atoms with Crippen LogP contribution < -0.4 is 4.90 Å². The van der Waals surface area contributed by atoms with E-state index >= 15 is 0 Å². The molecule has 2 heterocycles. The highest BCUT2D eigenvalue weighted by atomic mass is 35.5. The van der Waals surface area contributed by atoms with Gasteiger partial charge in [-0.05, 0) is 18.8 Å². The maximum Gasteiger partial charge on any atom is 0.159 e. The molecule has 1 aromatic carbocycles. The summed E-state index contributed by atoms with van der Waals surface area (Å²) in [5, 5.41) is 11.0. The third-order valence-electron chi connectivity index (χ3n) is 3.58. The molecule has 4 heteroatoms. The molecule has 0 unspecified atom stereocenters. The monoisotopic (exact) mass is 261 g/mol. The summed E-state index contributed by atoms with van der Waals surface area (Å²) in [5.74, 6) is 1.69. The largest absolute Gasteiger partial charge is 0.354 e. The molecule has 0 radical (unpaired) electrons. The molecule has 0 N–H and O–H groups in total. The summed E-state index contributed by atoms with van der Waals surface area (Å²) in [6, 6.07) is 8.09. The van der Waals surface area contributed by atoms with Crippen molar-refractivity contribution in [3.8, 4) is 0 Å². The molecule has 3 rings (SSSR count). The number of nitrogens with zero attached hydrogens (tertiary/aromatic N) is 3. The highest BCUT2D eigenvalue weighted by Gasteiger charge is 2.20. The molecule has 1 fully saturated rings. The van der Waals surface area contributed by atoms with Gasteiger partial charge in [-0.3, -0.25) is 0 Å². The SMILES string of the molecule is C[C@@H]1CCCN(c2nnc(Cl)c3ccccc23)C1. The van der Waals surface area contributed by atoms with Crippen LogP contribution in [0, 0.1) is 5.92 Å². The Morgan fingerprint density at radius 2 is 2.00 bits per heavy atom. The summed E-state index contributed by atoms with van der Waals surface area (Å²) >= 11 is 6.10. The average molecular weight is 262 g/mol. The molecule has 1 saturated heterocycles. The first-order chi connectivity index (χ1) is 8.75. The zero-order chi connectivity index (χ0) is 12.5. The van der Waals surface area contributed by atoms with Gasteiger partial charge < -0.3 is 4.90 Å². The van der Waals surface area contributed by atoms with Crippen LogP contribution in [-0.2, 0) is 0 Å². The topological polar surface area (TPSA) is 29.0 Å². The van der Waals surface area contributed by atoms with Crippen LogP contribution >= 0.6 is 11.6 Å². The number of hydrogen-bond acceptors (Lipinski definition) is 3. The quantitative estimate of drug-likeness (QED) is 0.787. The van der Waals surface area contributed by atoms with Crippen molar-refractivity contribution < 1.29 is 0 Å². The third kappa shape index (κ3) is 2.03. The van der Waals surface area contributed by atoms with E-state index in [4.69, 9.17) is 11.6 Å². The first kappa shape index (κ1) is 11.7. The smallest absolute Gasteiger partial charge is 0.159 e. The summed E-state index contributed by atoms with van der Waals surface area (Å²) in [5.41, 5.74) is 0. The third-order valence-corrected chi connectivity index (χ3v) is 3.86. The van der Waals surface area contributed by atoms with Crippen LogP contribution in [0.1, 0.15) is 19.8 Å². The Hall–Kier alpha value is -1.35. The van der Waals surface area contributed by atoms with E-state index < -0.39 is 0 Å². The van der Waals surface area contributed by atoms with Crippen molar-refractivity contribution in [2.24, 2.45) is 5.92 Å². The number of benzene rings is 1. The Labute approximate surface area is 112 Å². The maximum absolute atomic E-state index is 6.10. The van der Waals surface area contributed by atoms with Gasteiger partial charge in [0.05, 0.1) is 0 Å². The molecular formula is C14H16ClN3. The molecule has 1 aromatic heterocycles. The van der Waals surface area contributed by atoms with Crippen LogP contribution in [0.2, 0.25) is 5.15 Å². The lowest BCUT2D eigenvalue weighted by Crippen LogP contribution is -2.35. The normalized spacial score (nSPS) is 20.3. The van der Waals surface area contributed by atoms with E-state index in [1.165, 1.54) is 12.8 Å². The summed E-state index contributed by atoms with van der Waals surface area (Å²) < 4.78 is 0. The van der Waals surface area contributed by atoms with Crippen molar-refractivity contribution in [2.75, 3.05) is 18.0 Å². The lowest BCUT2D eigenvalue weighted by molar-refractivity contribution is 0.444. The molecule has 0 bridgehead atoms. The van der Waals surface area contributed by atoms with Crippen LogP contribution in [0.25, 0.3) is 10.8 Å². The number of piperidine rings is 1. The number of aromatic nitrogens is 2. The van der Waals surface area contributed by atoms with Crippen molar-refractivity contribution in [3.63, 3.8) is 0 Å². The van der Waals surface area contributed by atoms with Gasteiger partial charge in [0.25, 0.3) is 0 Å². The standard InChI is InChI=1S/C14H16ClN3/c1-10-5-4-8-18(9-10)14-12-7-3-2-6-11(12)13(15)16-17-14/h2-3,6-7,10H,4-5,8-9H2,1H3/t10-/m1/s1. The molecule has 0 spiro atoms. The highest BCUT2D eigenvalue weighted by Crippen LogP contribution is 2.30. The van der Waals surface area contributed by atoms with E-state index in [9.17, 15) is 0 Å². The second-order valence-corrected chi connectivity index (χ2v) is 5.41. The molecule has 1 atom stereocenters. The second kappa shape index (κ2) is 4.73. The van der Waals surface area contributed by atoms with Gasteiger partial charge in [-0.1, -0.05) is 42.8 Å². The summed E-state index contributed by atoms with van der Waals surface area (Å²) in [4.78, 5) is 2.33. The van der Waals surface area contributed by atoms with Crippen molar-refractivity contribution in [1.82, 2.24) is 10.2 Å². The van der Waals surface area contributed by atoms with Crippen molar-refractivity contribution in [2.45, 2.75) is 19.8 Å². The van der Waals surface area contributed by atoms with Gasteiger partial charge in [0.15, 0.2) is 11.0 Å². The molecule has 1 aliphatic heterocycles. The van der Waals surface area contributed by atoms with E-state index in [0.717, 1.165) is 35.6 Å². The lowest BCUT2D eigenvalue weighted by Gasteiger charge is -2.32. The summed E-state index contributed by atoms with van der Waals surface area (Å²) in [6.07, 6.45) is 2.52. The number of fused-ring (bicyclic) bond motifs is 1. The van der Waals surface area contributed by atoms with E-state index in [0.29, 0.717) is 5.15 Å². The molecule has 0 amide bonds. The van der Waals surface area contributed by atoms with E-state index in [1.807, 2.05) is 18.2 Å². The van der Waals surface area contributed by atoms with Crippen LogP contribution in [0.3, 0.4) is 0 Å². The van der Waals surface area contributed by atoms with Gasteiger partial charge in [0, 0.05) is 23.9 Å². The Kier molecular flexibility index (Phi) is 3.08. The molecular weight excluding hydrogens is 246 g/mol. The van der Waals surface area contributed by atoms with E-state index in [-0.39, 0.29) is 0 Å². The van der Waals surface area contributed by atoms with Crippen LogP contribution in [0.15, 0.2) is 24.3 Å². The van der Waals surface area contributed by atoms with Crippen LogP contribution in [-0.4, -0.2) is 23.3 Å². The highest BCUT2D eigenvalue weighted by molar-refractivity contribution is 6.34. The molecule has 94 valence electrons. The number of hydrogen-bond donors (Lipinski definition) is 0. The van der Waals surface area contributed by atoms with E-state index in [2.05, 4.69) is 28.1 Å². The van der Waals surface area contributed by atoms with Gasteiger partial charge in [0.1, 0.15) is 0 Å². The Morgan fingerprint density at radius 3 is 2.78 bits per heavy atom. The van der Waals surface area contributed by atoms with Crippen molar-refractivity contribution in [1.29, 1.82) is 0 Å². The minimum Gasteiger partial charge on any atom is -0.354 e. The number of rotatable bonds is 1. The predicted octanol–water partition coefficient (Wildman–Crippen LogP) is 3.52. The zero-order valence-electron chi connectivity index (χ0n) is 10.4. The number of halogens is 1. The molecule has 3 nitrogen and oxygen atoms in total. The van der Waals surface area contributed by atoms with Gasteiger partial charge in [0.2, 0.25) is 0 Å². The van der Waals surface area contributed by atoms with Gasteiger partial charge in [-0.15, -0.1) is 10.2 Å². The minimum absolute atomic E-state index is 0.486. The zero-order valence-corrected chi connectivity index (χ0v) is 11.2. The van der Waals surface area contributed by atoms with Crippen LogP contribution in [0.4, 0.5) is 5.82 Å². The molecule has 1 aliphatic rings. The van der Waals surface area contributed by atoms with Gasteiger partial charge in [-0.2, -0.15) is 0 Å². The Bertz CT molecular complexity index is 570. The second-order valence-electron chi connectivity index (χ2n) is 5.05. The first-order valence-electron chi connectivity index (χ1n) is 6.41. The Morgan fingerprint density at radius 1 is 1.22 bits per heavy atom. The minimum atomic E-state index is 0.486. The predicted molar refractivity (Wildman–Crippen MR) is 75.2 cm³/mol. The average Bonchev–Trinajstić information content (AvgIpc) is 2.39. The fraction of sp³-hybridized carbons (Fsp3) is 0.429. The summed E-state index contributed by atoms with van der Waals surface area (Å²) in [6.45, 7) is 4.41. The van der Waals surface area contributed by atoms with Crippen molar-refractivity contribution in [3.05, 3.63) is 29.4 Å². The summed E-state index contributed by atoms with van der Waals surface area (Å²) in [7, 11) is 0. The van der Waals surface area contributed by atoms with E-state index in [1.54, 1.807) is 0 Å². The van der Waals surface area contributed by atoms with Crippen molar-refractivity contribution >= 4 is 28.2 Å². The molecule has 0 saturated carbocycles. The molecule has 0 aliphatic carbocycles. The number of anilines is 1. The lowest BCUT2D eigenvalue weighted by atomic mass is 10.00.